The third-order valence-electron chi connectivity index (χ3n) is 4.60. The lowest BCUT2D eigenvalue weighted by atomic mass is 10.1. The Morgan fingerprint density at radius 3 is 2.96 bits per heavy atom. The first-order valence-corrected chi connectivity index (χ1v) is 9.50. The van der Waals surface area contributed by atoms with E-state index in [9.17, 15) is 4.79 Å². The summed E-state index contributed by atoms with van der Waals surface area (Å²) < 4.78 is 9.97. The molecule has 128 valence electrons. The lowest BCUT2D eigenvalue weighted by molar-refractivity contribution is -0.131. The molecule has 0 saturated carbocycles. The van der Waals surface area contributed by atoms with Gasteiger partial charge in [0.25, 0.3) is 0 Å². The van der Waals surface area contributed by atoms with Crippen LogP contribution in [-0.4, -0.2) is 59.1 Å². The van der Waals surface area contributed by atoms with E-state index in [0.29, 0.717) is 12.5 Å². The standard InChI is InChI=1S/C16H26N4O2S/c1-2-14-17-16(23-18-14)20-9-4-8-19(10-11-20)15(21)7-6-13-5-3-12-22-13/h13H,2-12H2,1H3/t13-/m1/s1. The van der Waals surface area contributed by atoms with Crippen LogP contribution < -0.4 is 4.90 Å². The molecule has 23 heavy (non-hydrogen) atoms. The number of amides is 1. The van der Waals surface area contributed by atoms with Crippen molar-refractivity contribution < 1.29 is 9.53 Å². The Hall–Kier alpha value is -1.21. The average Bonchev–Trinajstić information content (AvgIpc) is 3.20. The highest BCUT2D eigenvalue weighted by atomic mass is 32.1. The van der Waals surface area contributed by atoms with Crippen molar-refractivity contribution in [2.45, 2.75) is 51.6 Å². The molecule has 2 aliphatic heterocycles. The number of rotatable bonds is 5. The summed E-state index contributed by atoms with van der Waals surface area (Å²) in [5, 5.41) is 0.996. The van der Waals surface area contributed by atoms with E-state index in [1.807, 2.05) is 4.90 Å². The van der Waals surface area contributed by atoms with Crippen LogP contribution in [0.2, 0.25) is 0 Å². The van der Waals surface area contributed by atoms with Crippen LogP contribution in [0.4, 0.5) is 5.13 Å². The first kappa shape index (κ1) is 16.6. The second-order valence-corrected chi connectivity index (χ2v) is 6.97. The van der Waals surface area contributed by atoms with Crippen molar-refractivity contribution >= 4 is 22.6 Å². The molecule has 3 rings (SSSR count). The second kappa shape index (κ2) is 8.06. The molecule has 1 aromatic rings. The molecule has 2 saturated heterocycles. The normalized spacial score (nSPS) is 22.4. The predicted molar refractivity (Wildman–Crippen MR) is 90.9 cm³/mol. The second-order valence-electron chi connectivity index (χ2n) is 6.24. The number of carbonyl (C=O) groups excluding carboxylic acids is 1. The summed E-state index contributed by atoms with van der Waals surface area (Å²) in [5.41, 5.74) is 0. The minimum Gasteiger partial charge on any atom is -0.378 e. The van der Waals surface area contributed by atoms with Gasteiger partial charge in [-0.15, -0.1) is 0 Å². The minimum atomic E-state index is 0.272. The van der Waals surface area contributed by atoms with Crippen molar-refractivity contribution in [1.29, 1.82) is 0 Å². The van der Waals surface area contributed by atoms with Gasteiger partial charge in [-0.3, -0.25) is 4.79 Å². The Morgan fingerprint density at radius 1 is 1.30 bits per heavy atom. The van der Waals surface area contributed by atoms with Gasteiger partial charge in [0.05, 0.1) is 6.10 Å². The van der Waals surface area contributed by atoms with E-state index in [-0.39, 0.29) is 5.91 Å². The van der Waals surface area contributed by atoms with Crippen LogP contribution in [0.15, 0.2) is 0 Å². The summed E-state index contributed by atoms with van der Waals surface area (Å²) in [6, 6.07) is 0. The lowest BCUT2D eigenvalue weighted by Gasteiger charge is -2.22. The smallest absolute Gasteiger partial charge is 0.222 e. The molecule has 0 bridgehead atoms. The summed E-state index contributed by atoms with van der Waals surface area (Å²) in [5.74, 6) is 1.19. The molecule has 0 aromatic carbocycles. The Labute approximate surface area is 142 Å². The van der Waals surface area contributed by atoms with Crippen LogP contribution in [0.3, 0.4) is 0 Å². The lowest BCUT2D eigenvalue weighted by Crippen LogP contribution is -2.35. The molecule has 7 heteroatoms. The molecule has 3 heterocycles. The molecule has 2 aliphatic rings. The highest BCUT2D eigenvalue weighted by Crippen LogP contribution is 2.21. The van der Waals surface area contributed by atoms with Gasteiger partial charge in [0.15, 0.2) is 0 Å². The van der Waals surface area contributed by atoms with Crippen LogP contribution >= 0.6 is 11.5 Å². The number of hydrogen-bond acceptors (Lipinski definition) is 6. The Morgan fingerprint density at radius 2 is 2.22 bits per heavy atom. The minimum absolute atomic E-state index is 0.272. The number of ether oxygens (including phenoxy) is 1. The van der Waals surface area contributed by atoms with Crippen LogP contribution in [0, 0.1) is 0 Å². The topological polar surface area (TPSA) is 58.6 Å². The molecule has 0 unspecified atom stereocenters. The third kappa shape index (κ3) is 4.41. The molecular formula is C16H26N4O2S. The molecule has 2 fully saturated rings. The Bertz CT molecular complexity index is 516. The largest absolute Gasteiger partial charge is 0.378 e. The van der Waals surface area contributed by atoms with Gasteiger partial charge >= 0.3 is 0 Å². The summed E-state index contributed by atoms with van der Waals surface area (Å²) in [7, 11) is 0. The summed E-state index contributed by atoms with van der Waals surface area (Å²) >= 11 is 1.47. The average molecular weight is 338 g/mol. The van der Waals surface area contributed by atoms with E-state index in [0.717, 1.165) is 75.8 Å². The van der Waals surface area contributed by atoms with Gasteiger partial charge in [0, 0.05) is 57.2 Å². The predicted octanol–water partition coefficient (Wildman–Crippen LogP) is 2.10. The van der Waals surface area contributed by atoms with Crippen LogP contribution in [0.25, 0.3) is 0 Å². The van der Waals surface area contributed by atoms with E-state index in [1.165, 1.54) is 11.5 Å². The maximum absolute atomic E-state index is 12.4. The van der Waals surface area contributed by atoms with Crippen molar-refractivity contribution in [2.24, 2.45) is 0 Å². The van der Waals surface area contributed by atoms with E-state index in [1.54, 1.807) is 0 Å². The fourth-order valence-corrected chi connectivity index (χ4v) is 3.99. The number of hydrogen-bond donors (Lipinski definition) is 0. The summed E-state index contributed by atoms with van der Waals surface area (Å²) in [6.07, 6.45) is 5.90. The zero-order chi connectivity index (χ0) is 16.1. The maximum atomic E-state index is 12.4. The van der Waals surface area contributed by atoms with Gasteiger partial charge in [-0.2, -0.15) is 4.37 Å². The molecule has 0 N–H and O–H groups in total. The third-order valence-corrected chi connectivity index (χ3v) is 5.41. The van der Waals surface area contributed by atoms with Crippen molar-refractivity contribution in [3.05, 3.63) is 5.82 Å². The zero-order valence-corrected chi connectivity index (χ0v) is 14.7. The monoisotopic (exact) mass is 338 g/mol. The number of carbonyl (C=O) groups is 1. The van der Waals surface area contributed by atoms with E-state index < -0.39 is 0 Å². The van der Waals surface area contributed by atoms with Gasteiger partial charge < -0.3 is 14.5 Å². The van der Waals surface area contributed by atoms with Crippen molar-refractivity contribution in [2.75, 3.05) is 37.7 Å². The zero-order valence-electron chi connectivity index (χ0n) is 13.9. The molecule has 0 radical (unpaired) electrons. The summed E-state index contributed by atoms with van der Waals surface area (Å²) in [6.45, 7) is 6.37. The van der Waals surface area contributed by atoms with Crippen molar-refractivity contribution in [3.63, 3.8) is 0 Å². The van der Waals surface area contributed by atoms with Gasteiger partial charge in [-0.05, 0) is 25.7 Å². The number of anilines is 1. The fraction of sp³-hybridized carbons (Fsp3) is 0.812. The molecule has 0 aliphatic carbocycles. The fourth-order valence-electron chi connectivity index (χ4n) is 3.19. The molecule has 1 atom stereocenters. The molecule has 0 spiro atoms. The highest BCUT2D eigenvalue weighted by molar-refractivity contribution is 7.09. The SMILES string of the molecule is CCc1nsc(N2CCCN(C(=O)CC[C@H]3CCCO3)CC2)n1. The Balaban J connectivity index is 1.48. The van der Waals surface area contributed by atoms with Crippen molar-refractivity contribution in [3.8, 4) is 0 Å². The van der Waals surface area contributed by atoms with E-state index in [2.05, 4.69) is 21.2 Å². The maximum Gasteiger partial charge on any atom is 0.222 e. The van der Waals surface area contributed by atoms with Gasteiger partial charge in [-0.1, -0.05) is 6.92 Å². The molecule has 1 aromatic heterocycles. The highest BCUT2D eigenvalue weighted by Gasteiger charge is 2.23. The van der Waals surface area contributed by atoms with Gasteiger partial charge in [0.2, 0.25) is 11.0 Å². The van der Waals surface area contributed by atoms with Crippen LogP contribution in [0.1, 0.15) is 44.9 Å². The van der Waals surface area contributed by atoms with E-state index >= 15 is 0 Å². The van der Waals surface area contributed by atoms with Gasteiger partial charge in [-0.25, -0.2) is 4.98 Å². The number of aryl methyl sites for hydroxylation is 1. The Kier molecular flexibility index (Phi) is 5.83. The van der Waals surface area contributed by atoms with E-state index in [4.69, 9.17) is 4.74 Å². The molecule has 1 amide bonds. The number of aromatic nitrogens is 2. The molecule has 6 nitrogen and oxygen atoms in total. The van der Waals surface area contributed by atoms with Crippen molar-refractivity contribution in [1.82, 2.24) is 14.3 Å². The molecular weight excluding hydrogens is 312 g/mol. The first-order chi connectivity index (χ1) is 11.3. The van der Waals surface area contributed by atoms with Crippen LogP contribution in [0.5, 0.6) is 0 Å². The summed E-state index contributed by atoms with van der Waals surface area (Å²) in [4.78, 5) is 21.3. The quantitative estimate of drug-likeness (QED) is 0.823. The van der Waals surface area contributed by atoms with Gasteiger partial charge in [0.1, 0.15) is 5.82 Å². The number of nitrogens with zero attached hydrogens (tertiary/aromatic N) is 4. The first-order valence-electron chi connectivity index (χ1n) is 8.73. The van der Waals surface area contributed by atoms with Crippen LogP contribution in [-0.2, 0) is 16.0 Å².